The molecule has 58 heavy (non-hydrogen) atoms. The first kappa shape index (κ1) is 48.3. The highest BCUT2D eigenvalue weighted by atomic mass is 16.4. The van der Waals surface area contributed by atoms with Gasteiger partial charge < -0.3 is 63.0 Å². The van der Waals surface area contributed by atoms with Gasteiger partial charge in [-0.25, -0.2) is 4.79 Å². The number of rotatable bonds is 24. The molecule has 0 saturated carbocycles. The van der Waals surface area contributed by atoms with Gasteiger partial charge in [0.2, 0.25) is 41.4 Å². The summed E-state index contributed by atoms with van der Waals surface area (Å²) in [5.74, 6) is -11.7. The highest BCUT2D eigenvalue weighted by Crippen LogP contribution is 2.23. The summed E-state index contributed by atoms with van der Waals surface area (Å²) >= 11 is 0. The first-order valence-corrected chi connectivity index (χ1v) is 18.9. The second-order valence-electron chi connectivity index (χ2n) is 14.7. The molecular weight excluding hydrogens is 772 g/mol. The summed E-state index contributed by atoms with van der Waals surface area (Å²) in [5.41, 5.74) is 11.0. The van der Waals surface area contributed by atoms with Crippen molar-refractivity contribution in [2.24, 2.45) is 17.4 Å². The molecule has 2 saturated heterocycles. The van der Waals surface area contributed by atoms with Crippen molar-refractivity contribution in [2.75, 3.05) is 13.1 Å². The highest BCUT2D eigenvalue weighted by molar-refractivity contribution is 5.98. The smallest absolute Gasteiger partial charge is 0.326 e. The van der Waals surface area contributed by atoms with Crippen LogP contribution in [0.5, 0.6) is 0 Å². The van der Waals surface area contributed by atoms with E-state index in [1.807, 2.05) is 0 Å². The molecule has 7 atom stereocenters. The first-order chi connectivity index (χ1) is 27.1. The molecule has 0 bridgehead atoms. The van der Waals surface area contributed by atoms with Crippen LogP contribution in [0.2, 0.25) is 0 Å². The topological polar surface area (TPSA) is 375 Å². The van der Waals surface area contributed by atoms with E-state index in [1.165, 1.54) is 0 Å². The number of nitrogens with zero attached hydrogens (tertiary/aromatic N) is 2. The Kier molecular flexibility index (Phi) is 18.9. The molecule has 2 fully saturated rings. The van der Waals surface area contributed by atoms with Crippen molar-refractivity contribution in [1.82, 2.24) is 31.1 Å². The zero-order chi connectivity index (χ0) is 43.9. The van der Waals surface area contributed by atoms with E-state index < -0.39 is 146 Å². The summed E-state index contributed by atoms with van der Waals surface area (Å²) in [7, 11) is 0. The van der Waals surface area contributed by atoms with Gasteiger partial charge >= 0.3 is 23.9 Å². The molecule has 0 aliphatic carbocycles. The molecule has 324 valence electrons. The maximum absolute atomic E-state index is 14.0. The average Bonchev–Trinajstić information content (AvgIpc) is 3.83. The first-order valence-electron chi connectivity index (χ1n) is 18.9. The van der Waals surface area contributed by atoms with E-state index in [-0.39, 0.29) is 57.5 Å². The van der Waals surface area contributed by atoms with E-state index in [0.717, 1.165) is 9.80 Å². The number of hydrogen-bond acceptors (Lipinski definition) is 12. The normalized spacial score (nSPS) is 18.9. The van der Waals surface area contributed by atoms with Gasteiger partial charge in [0.15, 0.2) is 0 Å². The number of carbonyl (C=O) groups is 11. The largest absolute Gasteiger partial charge is 0.481 e. The monoisotopic (exact) mass is 826 g/mol. The number of hydrogen-bond donors (Lipinski definition) is 10. The maximum Gasteiger partial charge on any atom is 0.326 e. The lowest BCUT2D eigenvalue weighted by atomic mass is 10.0. The van der Waals surface area contributed by atoms with Gasteiger partial charge in [-0.15, -0.1) is 0 Å². The van der Waals surface area contributed by atoms with E-state index in [1.54, 1.807) is 13.8 Å². The number of carboxylic acids is 4. The Balaban J connectivity index is 2.30. The quantitative estimate of drug-likeness (QED) is 0.0459. The lowest BCUT2D eigenvalue weighted by molar-refractivity contribution is -0.145. The molecule has 12 N–H and O–H groups in total. The number of likely N-dealkylation sites (tertiary alicyclic amines) is 2. The van der Waals surface area contributed by atoms with Crippen LogP contribution < -0.4 is 32.7 Å². The van der Waals surface area contributed by atoms with Gasteiger partial charge in [-0.05, 0) is 57.3 Å². The summed E-state index contributed by atoms with van der Waals surface area (Å²) in [5, 5.41) is 46.6. The zero-order valence-corrected chi connectivity index (χ0v) is 32.3. The summed E-state index contributed by atoms with van der Waals surface area (Å²) in [6.45, 7) is 3.43. The molecule has 0 aromatic heterocycles. The lowest BCUT2D eigenvalue weighted by Gasteiger charge is -2.32. The van der Waals surface area contributed by atoms with Gasteiger partial charge in [0.25, 0.3) is 0 Å². The molecule has 0 aromatic carbocycles. The van der Waals surface area contributed by atoms with Gasteiger partial charge in [-0.3, -0.25) is 47.9 Å². The van der Waals surface area contributed by atoms with E-state index >= 15 is 0 Å². The van der Waals surface area contributed by atoms with Crippen LogP contribution >= 0.6 is 0 Å². The van der Waals surface area contributed by atoms with Crippen LogP contribution in [0.4, 0.5) is 0 Å². The van der Waals surface area contributed by atoms with Crippen molar-refractivity contribution in [1.29, 1.82) is 0 Å². The summed E-state index contributed by atoms with van der Waals surface area (Å²) in [6.07, 6.45) is -2.76. The summed E-state index contributed by atoms with van der Waals surface area (Å²) in [4.78, 5) is 140. The predicted octanol–water partition coefficient (Wildman–Crippen LogP) is -3.16. The SMILES string of the molecule is CC(C)C[C@H](NC(=O)[C@H](CCC(=O)O)NC(=O)[C@@H]1CCCN1C(=O)[C@H](CCC(N)=O)NC(=O)[C@@H]1CCCN1C(=O)[C@H](CCC(=O)O)NC(=O)[C@@H](N)CC(=O)O)C(=O)O. The number of nitrogens with one attached hydrogen (secondary N) is 4. The van der Waals surface area contributed by atoms with Gasteiger partial charge in [0, 0.05) is 32.4 Å². The molecule has 2 heterocycles. The molecule has 23 heteroatoms. The van der Waals surface area contributed by atoms with Crippen LogP contribution in [0.25, 0.3) is 0 Å². The number of primary amides is 1. The molecule has 0 aromatic rings. The van der Waals surface area contributed by atoms with Crippen molar-refractivity contribution in [3.8, 4) is 0 Å². The van der Waals surface area contributed by atoms with Crippen LogP contribution in [-0.4, -0.2) is 151 Å². The molecule has 23 nitrogen and oxygen atoms in total. The Morgan fingerprint density at radius 1 is 0.603 bits per heavy atom. The fourth-order valence-electron chi connectivity index (χ4n) is 6.67. The summed E-state index contributed by atoms with van der Waals surface area (Å²) < 4.78 is 0. The van der Waals surface area contributed by atoms with Crippen molar-refractivity contribution >= 4 is 65.2 Å². The second-order valence-corrected chi connectivity index (χ2v) is 14.7. The maximum atomic E-state index is 14.0. The Morgan fingerprint density at radius 2 is 1.03 bits per heavy atom. The molecule has 0 spiro atoms. The Morgan fingerprint density at radius 3 is 1.47 bits per heavy atom. The highest BCUT2D eigenvalue weighted by Gasteiger charge is 2.42. The van der Waals surface area contributed by atoms with Crippen molar-refractivity contribution in [2.45, 2.75) is 133 Å². The molecule has 0 unspecified atom stereocenters. The lowest BCUT2D eigenvalue weighted by Crippen LogP contribution is -2.59. The third-order valence-electron chi connectivity index (χ3n) is 9.57. The minimum absolute atomic E-state index is 0.00959. The van der Waals surface area contributed by atoms with Crippen LogP contribution in [0, 0.1) is 5.92 Å². The fourth-order valence-corrected chi connectivity index (χ4v) is 6.67. The number of carboxylic acid groups (broad SMARTS) is 4. The van der Waals surface area contributed by atoms with Gasteiger partial charge in [-0.1, -0.05) is 13.8 Å². The van der Waals surface area contributed by atoms with Crippen LogP contribution in [0.3, 0.4) is 0 Å². The minimum atomic E-state index is -1.57. The molecule has 2 aliphatic rings. The number of carbonyl (C=O) groups excluding carboxylic acids is 7. The average molecular weight is 827 g/mol. The molecular formula is C35H54N8O15. The zero-order valence-electron chi connectivity index (χ0n) is 32.3. The summed E-state index contributed by atoms with van der Waals surface area (Å²) in [6, 6.07) is -9.87. The van der Waals surface area contributed by atoms with Gasteiger partial charge in [-0.2, -0.15) is 0 Å². The predicted molar refractivity (Wildman–Crippen MR) is 197 cm³/mol. The van der Waals surface area contributed by atoms with E-state index in [2.05, 4.69) is 21.3 Å². The Bertz CT molecular complexity index is 1590. The van der Waals surface area contributed by atoms with Crippen molar-refractivity contribution in [3.63, 3.8) is 0 Å². The third-order valence-corrected chi connectivity index (χ3v) is 9.57. The van der Waals surface area contributed by atoms with Gasteiger partial charge in [0.05, 0.1) is 12.5 Å². The van der Waals surface area contributed by atoms with Crippen LogP contribution in [0.15, 0.2) is 0 Å². The molecule has 2 aliphatic heterocycles. The van der Waals surface area contributed by atoms with E-state index in [0.29, 0.717) is 0 Å². The van der Waals surface area contributed by atoms with Crippen LogP contribution in [0.1, 0.15) is 90.9 Å². The fraction of sp³-hybridized carbons (Fsp3) is 0.686. The van der Waals surface area contributed by atoms with Crippen molar-refractivity contribution < 1.29 is 73.2 Å². The number of amides is 7. The third kappa shape index (κ3) is 15.2. The number of nitrogens with two attached hydrogens (primary N) is 2. The number of aliphatic carboxylic acids is 4. The van der Waals surface area contributed by atoms with E-state index in [4.69, 9.17) is 16.6 Å². The van der Waals surface area contributed by atoms with Gasteiger partial charge in [0.1, 0.15) is 36.3 Å². The van der Waals surface area contributed by atoms with E-state index in [9.17, 15) is 68.1 Å². The standard InChI is InChI=1S/C35H54N8O15/c1-17(2)15-22(35(57)58)41-30(52)19(8-11-26(45)46)38-31(53)23-5-3-13-42(23)33(55)20(7-10-25(37)44)40-32(54)24-6-4-14-43(24)34(56)21(9-12-27(47)48)39-29(51)18(36)16-28(49)50/h17-24H,3-16,36H2,1-2H3,(H2,37,44)(H,38,53)(H,39,51)(H,40,54)(H,41,52)(H,45,46)(H,47,48)(H,49,50)(H,57,58)/t18-,19-,20-,21-,22-,23-,24-/m0/s1. The minimum Gasteiger partial charge on any atom is -0.481 e. The molecule has 2 rings (SSSR count). The van der Waals surface area contributed by atoms with Crippen LogP contribution in [-0.2, 0) is 52.7 Å². The van der Waals surface area contributed by atoms with Crippen molar-refractivity contribution in [3.05, 3.63) is 0 Å². The molecule has 0 radical (unpaired) electrons. The molecule has 7 amide bonds. The Labute approximate surface area is 332 Å². The Hall–Kier alpha value is -5.87. The second kappa shape index (κ2) is 22.8.